The highest BCUT2D eigenvalue weighted by molar-refractivity contribution is 7.98. The van der Waals surface area contributed by atoms with E-state index in [1.165, 1.54) is 36.5 Å². The molecule has 0 radical (unpaired) electrons. The van der Waals surface area contributed by atoms with E-state index in [9.17, 15) is 38.4 Å². The maximum absolute atomic E-state index is 13.8. The maximum Gasteiger partial charge on any atom is 0.511 e. The molecule has 1 N–H and O–H groups in total. The quantitative estimate of drug-likeness (QED) is 0.550. The Morgan fingerprint density at radius 3 is 2.37 bits per heavy atom. The van der Waals surface area contributed by atoms with Gasteiger partial charge in [-0.15, -0.1) is 0 Å². The monoisotopic (exact) mass is 586 g/mol. The van der Waals surface area contributed by atoms with Crippen molar-refractivity contribution < 1.29 is 38.4 Å². The Labute approximate surface area is 217 Å². The number of hydrogen-bond acceptors (Lipinski definition) is 7. The van der Waals surface area contributed by atoms with E-state index in [4.69, 9.17) is 0 Å². The van der Waals surface area contributed by atoms with E-state index < -0.39 is 58.3 Å². The van der Waals surface area contributed by atoms with Crippen LogP contribution in [0.2, 0.25) is 0 Å². The molecule has 3 aliphatic rings. The van der Waals surface area contributed by atoms with Crippen molar-refractivity contribution in [2.24, 2.45) is 11.8 Å². The van der Waals surface area contributed by atoms with Gasteiger partial charge in [0.2, 0.25) is 19.7 Å². The lowest BCUT2D eigenvalue weighted by atomic mass is 9.91. The van der Waals surface area contributed by atoms with Gasteiger partial charge >= 0.3 is 15.5 Å². The molecular weight excluding hydrogens is 565 g/mol. The Balaban J connectivity index is 1.53. The van der Waals surface area contributed by atoms with Gasteiger partial charge in [-0.05, 0) is 48.2 Å². The fourth-order valence-electron chi connectivity index (χ4n) is 5.11. The maximum atomic E-state index is 13.8. The first-order valence-electron chi connectivity index (χ1n) is 11.4. The molecule has 3 aliphatic carbocycles. The minimum Gasteiger partial charge on any atom is -0.245 e. The van der Waals surface area contributed by atoms with Crippen LogP contribution in [0.1, 0.15) is 23.6 Å². The zero-order valence-electron chi connectivity index (χ0n) is 19.4. The predicted octanol–water partition coefficient (Wildman–Crippen LogP) is 3.38. The number of nitrogens with one attached hydrogen (secondary N) is 1. The van der Waals surface area contributed by atoms with Crippen molar-refractivity contribution in [2.45, 2.75) is 39.6 Å². The Morgan fingerprint density at radius 1 is 0.947 bits per heavy atom. The van der Waals surface area contributed by atoms with Gasteiger partial charge in [-0.3, -0.25) is 0 Å². The number of nitrogens with zero attached hydrogens (tertiary/aromatic N) is 1. The second-order valence-electron chi connectivity index (χ2n) is 9.15. The topological polar surface area (TPSA) is 127 Å². The molecule has 0 fully saturated rings. The van der Waals surface area contributed by atoms with Gasteiger partial charge in [-0.1, -0.05) is 42.5 Å². The molecule has 0 spiro atoms. The summed E-state index contributed by atoms with van der Waals surface area (Å²) in [5.41, 5.74) is -4.89. The lowest BCUT2D eigenvalue weighted by Gasteiger charge is -2.24. The van der Waals surface area contributed by atoms with Crippen LogP contribution < -0.4 is 4.72 Å². The third kappa shape index (κ3) is 4.42. The Kier molecular flexibility index (Phi) is 6.44. The van der Waals surface area contributed by atoms with Crippen LogP contribution in [-0.2, 0) is 36.1 Å². The molecule has 0 saturated heterocycles. The molecule has 4 unspecified atom stereocenters. The van der Waals surface area contributed by atoms with E-state index in [1.54, 1.807) is 35.1 Å². The molecule has 0 saturated carbocycles. The van der Waals surface area contributed by atoms with Gasteiger partial charge in [-0.25, -0.2) is 30.2 Å². The van der Waals surface area contributed by atoms with Crippen LogP contribution in [0.5, 0.6) is 0 Å². The molecule has 14 heteroatoms. The summed E-state index contributed by atoms with van der Waals surface area (Å²) in [4.78, 5) is 3.40. The van der Waals surface area contributed by atoms with Crippen molar-refractivity contribution in [3.8, 4) is 0 Å². The highest BCUT2D eigenvalue weighted by Gasteiger charge is 2.50. The van der Waals surface area contributed by atoms with Crippen LogP contribution in [0.3, 0.4) is 0 Å². The summed E-state index contributed by atoms with van der Waals surface area (Å²) in [6.07, 6.45) is 9.58. The molecule has 4 atom stereocenters. The van der Waals surface area contributed by atoms with Gasteiger partial charge in [0.1, 0.15) is 5.25 Å². The minimum atomic E-state index is -5.60. The van der Waals surface area contributed by atoms with Crippen molar-refractivity contribution in [3.05, 3.63) is 89.0 Å². The van der Waals surface area contributed by atoms with E-state index in [-0.39, 0.29) is 33.2 Å². The number of rotatable bonds is 6. The van der Waals surface area contributed by atoms with Crippen LogP contribution in [0.15, 0.2) is 87.8 Å². The molecule has 202 valence electrons. The molecule has 5 rings (SSSR count). The molecule has 1 aromatic heterocycles. The summed E-state index contributed by atoms with van der Waals surface area (Å²) in [6.45, 7) is 0. The molecule has 1 heterocycles. The Bertz CT molecular complexity index is 1700. The van der Waals surface area contributed by atoms with Gasteiger partial charge < -0.3 is 0 Å². The van der Waals surface area contributed by atoms with Crippen LogP contribution in [0, 0.1) is 11.8 Å². The molecule has 38 heavy (non-hydrogen) atoms. The number of fused-ring (bicyclic) bond motifs is 2. The van der Waals surface area contributed by atoms with Crippen LogP contribution >= 0.6 is 0 Å². The van der Waals surface area contributed by atoms with E-state index >= 15 is 0 Å². The van der Waals surface area contributed by atoms with Crippen molar-refractivity contribution in [2.75, 3.05) is 0 Å². The van der Waals surface area contributed by atoms with Crippen molar-refractivity contribution in [3.63, 3.8) is 0 Å². The van der Waals surface area contributed by atoms with Gasteiger partial charge in [0.25, 0.3) is 0 Å². The Morgan fingerprint density at radius 2 is 1.68 bits per heavy atom. The lowest BCUT2D eigenvalue weighted by Crippen LogP contribution is -2.38. The Hall–Kier alpha value is -2.81. The molecule has 0 aliphatic heterocycles. The molecule has 2 aromatic rings. The number of allylic oxidation sites excluding steroid dienone is 5. The second kappa shape index (κ2) is 9.14. The molecule has 0 bridgehead atoms. The summed E-state index contributed by atoms with van der Waals surface area (Å²) in [6, 6.07) is 6.86. The normalized spacial score (nSPS) is 25.2. The number of hydrogen-bond donors (Lipinski definition) is 1. The first-order valence-corrected chi connectivity index (χ1v) is 15.9. The number of sulfonamides is 1. The van der Waals surface area contributed by atoms with Crippen LogP contribution in [-0.4, -0.2) is 41.0 Å². The highest BCUT2D eigenvalue weighted by atomic mass is 32.2. The highest BCUT2D eigenvalue weighted by Crippen LogP contribution is 2.45. The summed E-state index contributed by atoms with van der Waals surface area (Å²) in [7, 11) is -14.2. The average Bonchev–Trinajstić information content (AvgIpc) is 3.46. The SMILES string of the molecule is O=S(=O)(C1=CC2C=CC=CC2C1S(=O)(=O)c1ccccn1)c1ccc2c(c1)CCC2NS(=O)(=O)C(F)(F)F. The van der Waals surface area contributed by atoms with E-state index in [1.807, 2.05) is 0 Å². The van der Waals surface area contributed by atoms with Crippen LogP contribution in [0.4, 0.5) is 13.2 Å². The summed E-state index contributed by atoms with van der Waals surface area (Å²) in [5, 5.41) is -1.70. The van der Waals surface area contributed by atoms with E-state index in [2.05, 4.69) is 4.98 Å². The van der Waals surface area contributed by atoms with E-state index in [0.717, 1.165) is 6.07 Å². The third-order valence-electron chi connectivity index (χ3n) is 6.89. The fraction of sp³-hybridized carbons (Fsp3) is 0.292. The first-order chi connectivity index (χ1) is 17.7. The zero-order valence-corrected chi connectivity index (χ0v) is 21.9. The number of pyridine rings is 1. The number of sulfone groups is 2. The van der Waals surface area contributed by atoms with Crippen molar-refractivity contribution >= 4 is 29.7 Å². The second-order valence-corrected chi connectivity index (χ2v) is 14.8. The van der Waals surface area contributed by atoms with Crippen LogP contribution in [0.25, 0.3) is 0 Å². The molecular formula is C24H21F3N2O6S3. The van der Waals surface area contributed by atoms with Crippen molar-refractivity contribution in [1.82, 2.24) is 9.71 Å². The van der Waals surface area contributed by atoms with Gasteiger partial charge in [0.15, 0.2) is 5.03 Å². The number of aromatic nitrogens is 1. The predicted molar refractivity (Wildman–Crippen MR) is 131 cm³/mol. The first kappa shape index (κ1) is 26.8. The standard InChI is InChI=1S/C24H21F3N2O6S3/c25-24(26,27)38(34,35)29-20-11-8-16-13-17(9-10-18(16)20)36(30,31)21-14-15-5-1-2-6-19(15)23(21)37(32,33)22-7-3-4-12-28-22/h1-7,9-10,12-15,19-20,23,29H,8,11H2. The number of halogens is 3. The van der Waals surface area contributed by atoms with Crippen molar-refractivity contribution in [1.29, 1.82) is 0 Å². The largest absolute Gasteiger partial charge is 0.511 e. The number of aryl methyl sites for hydroxylation is 1. The fourth-order valence-corrected chi connectivity index (χ4v) is 10.0. The van der Waals surface area contributed by atoms with Gasteiger partial charge in [0.05, 0.1) is 9.80 Å². The van der Waals surface area contributed by atoms with E-state index in [0.29, 0.717) is 5.56 Å². The number of benzene rings is 1. The molecule has 8 nitrogen and oxygen atoms in total. The summed E-state index contributed by atoms with van der Waals surface area (Å²) >= 11 is 0. The smallest absolute Gasteiger partial charge is 0.245 e. The third-order valence-corrected chi connectivity index (χ3v) is 12.2. The summed E-state index contributed by atoms with van der Waals surface area (Å²) in [5.74, 6) is -1.16. The zero-order chi connectivity index (χ0) is 27.5. The number of alkyl halides is 3. The lowest BCUT2D eigenvalue weighted by molar-refractivity contribution is -0.0451. The van der Waals surface area contributed by atoms with Gasteiger partial charge in [-0.2, -0.15) is 17.9 Å². The average molecular weight is 587 g/mol. The molecule has 0 amide bonds. The summed E-state index contributed by atoms with van der Waals surface area (Å²) < 4.78 is 118. The minimum absolute atomic E-state index is 0.00720. The molecule has 1 aromatic carbocycles. The van der Waals surface area contributed by atoms with Gasteiger partial charge in [0, 0.05) is 24.1 Å².